The van der Waals surface area contributed by atoms with Gasteiger partial charge in [-0.1, -0.05) is 42.5 Å². The second-order valence-electron chi connectivity index (χ2n) is 7.03. The lowest BCUT2D eigenvalue weighted by atomic mass is 10.0. The first-order valence-corrected chi connectivity index (χ1v) is 9.92. The maximum Gasteiger partial charge on any atom is 0.276 e. The minimum Gasteiger partial charge on any atom is -0.493 e. The van der Waals surface area contributed by atoms with Crippen LogP contribution in [0.1, 0.15) is 32.4 Å². The van der Waals surface area contributed by atoms with Crippen LogP contribution in [0.15, 0.2) is 66.7 Å². The van der Waals surface area contributed by atoms with E-state index in [4.69, 9.17) is 14.2 Å². The summed E-state index contributed by atoms with van der Waals surface area (Å²) in [6.45, 7) is 0. The number of hydrazine groups is 1. The summed E-state index contributed by atoms with van der Waals surface area (Å²) < 4.78 is 16.0. The van der Waals surface area contributed by atoms with Crippen molar-refractivity contribution in [1.82, 2.24) is 10.4 Å². The lowest BCUT2D eigenvalue weighted by Gasteiger charge is -2.37. The SMILES string of the molecule is COc1cc(C(=O)NN2C(=O)c3ccccc3NC2c2ccccc2)cc(OC)c1OC. The van der Waals surface area contributed by atoms with Gasteiger partial charge in [0.05, 0.1) is 26.9 Å². The van der Waals surface area contributed by atoms with Crippen LogP contribution in [0, 0.1) is 0 Å². The van der Waals surface area contributed by atoms with E-state index >= 15 is 0 Å². The zero-order valence-corrected chi connectivity index (χ0v) is 17.9. The molecular weight excluding hydrogens is 410 g/mol. The molecule has 0 spiro atoms. The van der Waals surface area contributed by atoms with Crippen LogP contribution in [0.5, 0.6) is 17.2 Å². The molecule has 1 unspecified atom stereocenters. The number of para-hydroxylation sites is 1. The van der Waals surface area contributed by atoms with Crippen molar-refractivity contribution in [3.8, 4) is 17.2 Å². The molecular formula is C24H23N3O5. The van der Waals surface area contributed by atoms with Gasteiger partial charge in [0.15, 0.2) is 11.5 Å². The molecule has 1 heterocycles. The Morgan fingerprint density at radius 2 is 1.53 bits per heavy atom. The molecule has 0 bridgehead atoms. The van der Waals surface area contributed by atoms with Gasteiger partial charge in [-0.25, -0.2) is 5.01 Å². The fourth-order valence-electron chi connectivity index (χ4n) is 3.62. The molecule has 164 valence electrons. The normalized spacial score (nSPS) is 14.8. The van der Waals surface area contributed by atoms with Gasteiger partial charge in [-0.15, -0.1) is 0 Å². The first kappa shape index (κ1) is 21.0. The number of nitrogens with one attached hydrogen (secondary N) is 2. The number of nitrogens with zero attached hydrogens (tertiary/aromatic N) is 1. The lowest BCUT2D eigenvalue weighted by molar-refractivity contribution is 0.0490. The number of methoxy groups -OCH3 is 3. The highest BCUT2D eigenvalue weighted by atomic mass is 16.5. The van der Waals surface area contributed by atoms with E-state index in [0.717, 1.165) is 5.56 Å². The van der Waals surface area contributed by atoms with Crippen LogP contribution in [-0.4, -0.2) is 38.2 Å². The summed E-state index contributed by atoms with van der Waals surface area (Å²) in [5.41, 5.74) is 4.97. The number of hydrogen-bond acceptors (Lipinski definition) is 6. The minimum atomic E-state index is -0.593. The van der Waals surface area contributed by atoms with Crippen molar-refractivity contribution in [3.63, 3.8) is 0 Å². The molecule has 0 saturated heterocycles. The highest BCUT2D eigenvalue weighted by Gasteiger charge is 2.34. The van der Waals surface area contributed by atoms with Gasteiger partial charge in [0.1, 0.15) is 6.17 Å². The Labute approximate surface area is 185 Å². The molecule has 0 aliphatic carbocycles. The van der Waals surface area contributed by atoms with Gasteiger partial charge >= 0.3 is 0 Å². The molecule has 4 rings (SSSR count). The number of fused-ring (bicyclic) bond motifs is 1. The monoisotopic (exact) mass is 433 g/mol. The summed E-state index contributed by atoms with van der Waals surface area (Å²) in [6, 6.07) is 19.7. The summed E-state index contributed by atoms with van der Waals surface area (Å²) in [5.74, 6) is 0.224. The number of anilines is 1. The molecule has 2 amide bonds. The maximum atomic E-state index is 13.3. The van der Waals surface area contributed by atoms with E-state index in [2.05, 4.69) is 10.7 Å². The molecule has 0 radical (unpaired) electrons. The molecule has 1 aliphatic heterocycles. The van der Waals surface area contributed by atoms with Gasteiger partial charge in [-0.2, -0.15) is 0 Å². The molecule has 0 aromatic heterocycles. The van der Waals surface area contributed by atoms with Crippen LogP contribution in [0.3, 0.4) is 0 Å². The molecule has 1 aliphatic rings. The standard InChI is InChI=1S/C24H23N3O5/c1-30-19-13-16(14-20(31-2)21(19)32-3)23(28)26-27-22(15-9-5-4-6-10-15)25-18-12-8-7-11-17(18)24(27)29/h4-14,22,25H,1-3H3,(H,26,28). The van der Waals surface area contributed by atoms with E-state index in [9.17, 15) is 9.59 Å². The summed E-state index contributed by atoms with van der Waals surface area (Å²) in [5, 5.41) is 4.63. The Kier molecular flexibility index (Phi) is 5.85. The summed E-state index contributed by atoms with van der Waals surface area (Å²) in [4.78, 5) is 26.5. The average molecular weight is 433 g/mol. The maximum absolute atomic E-state index is 13.3. The van der Waals surface area contributed by atoms with Crippen molar-refractivity contribution >= 4 is 17.5 Å². The van der Waals surface area contributed by atoms with Crippen LogP contribution < -0.4 is 25.0 Å². The largest absolute Gasteiger partial charge is 0.493 e. The van der Waals surface area contributed by atoms with E-state index in [0.29, 0.717) is 28.5 Å². The molecule has 8 nitrogen and oxygen atoms in total. The smallest absolute Gasteiger partial charge is 0.276 e. The van der Waals surface area contributed by atoms with Crippen LogP contribution in [0.4, 0.5) is 5.69 Å². The van der Waals surface area contributed by atoms with Crippen molar-refractivity contribution in [3.05, 3.63) is 83.4 Å². The Bertz CT molecular complexity index is 1120. The van der Waals surface area contributed by atoms with Crippen LogP contribution in [0.2, 0.25) is 0 Å². The quantitative estimate of drug-likeness (QED) is 0.617. The molecule has 0 saturated carbocycles. The fourth-order valence-corrected chi connectivity index (χ4v) is 3.62. The number of rotatable bonds is 6. The number of amides is 2. The molecule has 0 fully saturated rings. The van der Waals surface area contributed by atoms with Crippen molar-refractivity contribution < 1.29 is 23.8 Å². The van der Waals surface area contributed by atoms with E-state index in [1.165, 1.54) is 38.5 Å². The van der Waals surface area contributed by atoms with E-state index in [1.807, 2.05) is 42.5 Å². The van der Waals surface area contributed by atoms with Gasteiger partial charge < -0.3 is 19.5 Å². The van der Waals surface area contributed by atoms with Crippen LogP contribution >= 0.6 is 0 Å². The Hall–Kier alpha value is -4.20. The van der Waals surface area contributed by atoms with Gasteiger partial charge in [-0.05, 0) is 29.8 Å². The Morgan fingerprint density at radius 1 is 0.906 bits per heavy atom. The third kappa shape index (κ3) is 3.78. The van der Waals surface area contributed by atoms with Gasteiger partial charge in [0, 0.05) is 11.3 Å². The topological polar surface area (TPSA) is 89.1 Å². The van der Waals surface area contributed by atoms with Crippen LogP contribution in [-0.2, 0) is 0 Å². The fraction of sp³-hybridized carbons (Fsp3) is 0.167. The molecule has 1 atom stereocenters. The average Bonchev–Trinajstić information content (AvgIpc) is 2.85. The van der Waals surface area contributed by atoms with E-state index in [1.54, 1.807) is 12.1 Å². The number of carbonyl (C=O) groups is 2. The van der Waals surface area contributed by atoms with E-state index in [-0.39, 0.29) is 11.5 Å². The number of benzene rings is 3. The third-order valence-electron chi connectivity index (χ3n) is 5.19. The number of carbonyl (C=O) groups excluding carboxylic acids is 2. The number of ether oxygens (including phenoxy) is 3. The zero-order chi connectivity index (χ0) is 22.7. The van der Waals surface area contributed by atoms with Gasteiger partial charge in [0.2, 0.25) is 5.75 Å². The molecule has 8 heteroatoms. The molecule has 3 aromatic rings. The van der Waals surface area contributed by atoms with Crippen molar-refractivity contribution in [1.29, 1.82) is 0 Å². The Balaban J connectivity index is 1.71. The van der Waals surface area contributed by atoms with Gasteiger partial charge in [0.25, 0.3) is 11.8 Å². The summed E-state index contributed by atoms with van der Waals surface area (Å²) >= 11 is 0. The van der Waals surface area contributed by atoms with Crippen LogP contribution in [0.25, 0.3) is 0 Å². The highest BCUT2D eigenvalue weighted by Crippen LogP contribution is 2.38. The summed E-state index contributed by atoms with van der Waals surface area (Å²) in [7, 11) is 4.43. The van der Waals surface area contributed by atoms with E-state index < -0.39 is 12.1 Å². The molecule has 2 N–H and O–H groups in total. The predicted molar refractivity (Wildman–Crippen MR) is 119 cm³/mol. The second kappa shape index (κ2) is 8.89. The Morgan fingerprint density at radius 3 is 2.16 bits per heavy atom. The first-order valence-electron chi connectivity index (χ1n) is 9.92. The minimum absolute atomic E-state index is 0.248. The zero-order valence-electron chi connectivity index (χ0n) is 17.9. The van der Waals surface area contributed by atoms with Gasteiger partial charge in [-0.3, -0.25) is 15.0 Å². The summed E-state index contributed by atoms with van der Waals surface area (Å²) in [6.07, 6.45) is -0.593. The second-order valence-corrected chi connectivity index (χ2v) is 7.03. The number of hydrogen-bond donors (Lipinski definition) is 2. The lowest BCUT2D eigenvalue weighted by Crippen LogP contribution is -2.52. The highest BCUT2D eigenvalue weighted by molar-refractivity contribution is 6.04. The third-order valence-corrected chi connectivity index (χ3v) is 5.19. The molecule has 32 heavy (non-hydrogen) atoms. The molecule has 3 aromatic carbocycles. The van der Waals surface area contributed by atoms with Crippen molar-refractivity contribution in [2.75, 3.05) is 26.6 Å². The predicted octanol–water partition coefficient (Wildman–Crippen LogP) is 3.62. The van der Waals surface area contributed by atoms with Crippen molar-refractivity contribution in [2.24, 2.45) is 0 Å². The van der Waals surface area contributed by atoms with Crippen molar-refractivity contribution in [2.45, 2.75) is 6.17 Å². The first-order chi connectivity index (χ1) is 15.6.